The zero-order valence-corrected chi connectivity index (χ0v) is 21.4. The Morgan fingerprint density at radius 3 is 2.44 bits per heavy atom. The van der Waals surface area contributed by atoms with Crippen LogP contribution >= 0.6 is 0 Å². The SMILES string of the molecule is C[C@@H]1Cc2c([nH]c3ccc(F)cc23)[C@@H](c2c(F)cc([C@@H](O)C3CN(CCCF)C3)cc2F)N1CC(F)(F)CO. The first-order chi connectivity index (χ1) is 18.5. The van der Waals surface area contributed by atoms with Crippen molar-refractivity contribution in [2.24, 2.45) is 5.92 Å². The second-order valence-electron chi connectivity index (χ2n) is 10.8. The molecule has 2 aromatic carbocycles. The van der Waals surface area contributed by atoms with Gasteiger partial charge in [0.2, 0.25) is 0 Å². The van der Waals surface area contributed by atoms with E-state index in [-0.39, 0.29) is 23.6 Å². The van der Waals surface area contributed by atoms with Crippen LogP contribution in [0.4, 0.5) is 26.3 Å². The Hall–Kier alpha value is -2.60. The Bertz CT molecular complexity index is 1320. The van der Waals surface area contributed by atoms with Crippen LogP contribution in [0, 0.1) is 23.4 Å². The van der Waals surface area contributed by atoms with Gasteiger partial charge in [-0.2, -0.15) is 0 Å². The normalized spacial score (nSPS) is 21.8. The van der Waals surface area contributed by atoms with Crippen LogP contribution in [0.5, 0.6) is 0 Å². The number of H-pyrrole nitrogens is 1. The van der Waals surface area contributed by atoms with E-state index in [0.29, 0.717) is 42.5 Å². The number of aliphatic hydroxyl groups excluding tert-OH is 2. The molecule has 0 unspecified atom stereocenters. The Kier molecular flexibility index (Phi) is 7.71. The molecular weight excluding hydrogens is 524 g/mol. The number of likely N-dealkylation sites (tertiary alicyclic amines) is 1. The van der Waals surface area contributed by atoms with E-state index < -0.39 is 67.0 Å². The summed E-state index contributed by atoms with van der Waals surface area (Å²) in [5, 5.41) is 20.5. The molecule has 0 spiro atoms. The van der Waals surface area contributed by atoms with Gasteiger partial charge in [-0.25, -0.2) is 22.0 Å². The van der Waals surface area contributed by atoms with Gasteiger partial charge in [-0.1, -0.05) is 0 Å². The number of aliphatic hydroxyl groups is 2. The molecule has 2 aliphatic heterocycles. The molecule has 0 bridgehead atoms. The highest BCUT2D eigenvalue weighted by atomic mass is 19.3. The number of aromatic amines is 1. The molecule has 3 aromatic rings. The van der Waals surface area contributed by atoms with Crippen LogP contribution in [0.1, 0.15) is 47.9 Å². The molecule has 3 heterocycles. The average molecular weight is 556 g/mol. The summed E-state index contributed by atoms with van der Waals surface area (Å²) < 4.78 is 86.9. The van der Waals surface area contributed by atoms with Crippen molar-refractivity contribution in [3.8, 4) is 0 Å². The van der Waals surface area contributed by atoms with Gasteiger partial charge in [-0.15, -0.1) is 0 Å². The van der Waals surface area contributed by atoms with E-state index in [2.05, 4.69) is 4.98 Å². The van der Waals surface area contributed by atoms with Crippen molar-refractivity contribution in [3.05, 3.63) is 70.2 Å². The van der Waals surface area contributed by atoms with Crippen molar-refractivity contribution in [1.82, 2.24) is 14.8 Å². The highest BCUT2D eigenvalue weighted by Crippen LogP contribution is 2.44. The molecule has 1 saturated heterocycles. The maximum Gasteiger partial charge on any atom is 0.283 e. The molecule has 3 N–H and O–H groups in total. The number of hydrogen-bond donors (Lipinski definition) is 3. The Balaban J connectivity index is 1.54. The van der Waals surface area contributed by atoms with E-state index in [0.717, 1.165) is 12.1 Å². The number of halogens is 6. The van der Waals surface area contributed by atoms with E-state index in [9.17, 15) is 27.8 Å². The summed E-state index contributed by atoms with van der Waals surface area (Å²) in [7, 11) is 0. The van der Waals surface area contributed by atoms with Gasteiger partial charge >= 0.3 is 0 Å². The van der Waals surface area contributed by atoms with Crippen molar-refractivity contribution >= 4 is 10.9 Å². The highest BCUT2D eigenvalue weighted by molar-refractivity contribution is 5.85. The summed E-state index contributed by atoms with van der Waals surface area (Å²) in [5.41, 5.74) is 0.911. The molecular formula is C28H31F6N3O2. The molecule has 0 aliphatic carbocycles. The summed E-state index contributed by atoms with van der Waals surface area (Å²) in [4.78, 5) is 6.25. The number of nitrogens with one attached hydrogen (secondary N) is 1. The van der Waals surface area contributed by atoms with E-state index >= 15 is 8.78 Å². The first kappa shape index (κ1) is 27.9. The Morgan fingerprint density at radius 1 is 1.10 bits per heavy atom. The molecule has 0 saturated carbocycles. The lowest BCUT2D eigenvalue weighted by Gasteiger charge is -2.43. The lowest BCUT2D eigenvalue weighted by atomic mass is 9.85. The second kappa shape index (κ2) is 10.8. The van der Waals surface area contributed by atoms with Crippen LogP contribution in [-0.4, -0.2) is 76.4 Å². The number of aromatic nitrogens is 1. The fourth-order valence-electron chi connectivity index (χ4n) is 5.98. The maximum atomic E-state index is 15.8. The quantitative estimate of drug-likeness (QED) is 0.330. The maximum absolute atomic E-state index is 15.8. The first-order valence-electron chi connectivity index (χ1n) is 13.0. The van der Waals surface area contributed by atoms with Crippen molar-refractivity contribution < 1.29 is 36.6 Å². The molecule has 1 fully saturated rings. The molecule has 5 nitrogen and oxygen atoms in total. The largest absolute Gasteiger partial charge is 0.390 e. The zero-order chi connectivity index (χ0) is 28.1. The monoisotopic (exact) mass is 555 g/mol. The molecule has 0 radical (unpaired) electrons. The molecule has 5 rings (SSSR count). The number of benzene rings is 2. The van der Waals surface area contributed by atoms with E-state index in [4.69, 9.17) is 0 Å². The summed E-state index contributed by atoms with van der Waals surface area (Å²) in [6.07, 6.45) is -0.567. The van der Waals surface area contributed by atoms with Crippen LogP contribution in [0.2, 0.25) is 0 Å². The smallest absolute Gasteiger partial charge is 0.283 e. The second-order valence-corrected chi connectivity index (χ2v) is 10.8. The van der Waals surface area contributed by atoms with Crippen molar-refractivity contribution in [3.63, 3.8) is 0 Å². The van der Waals surface area contributed by atoms with Gasteiger partial charge in [0, 0.05) is 53.8 Å². The van der Waals surface area contributed by atoms with Gasteiger partial charge in [0.15, 0.2) is 0 Å². The molecule has 39 heavy (non-hydrogen) atoms. The molecule has 1 aromatic heterocycles. The fourth-order valence-corrected chi connectivity index (χ4v) is 5.98. The van der Waals surface area contributed by atoms with Gasteiger partial charge in [0.1, 0.15) is 24.1 Å². The van der Waals surface area contributed by atoms with Crippen molar-refractivity contribution in [1.29, 1.82) is 0 Å². The fraction of sp³-hybridized carbons (Fsp3) is 0.500. The van der Waals surface area contributed by atoms with Gasteiger partial charge in [0.25, 0.3) is 5.92 Å². The lowest BCUT2D eigenvalue weighted by molar-refractivity contribution is -0.0869. The summed E-state index contributed by atoms with van der Waals surface area (Å²) >= 11 is 0. The van der Waals surface area contributed by atoms with Gasteiger partial charge < -0.3 is 20.1 Å². The first-order valence-corrected chi connectivity index (χ1v) is 13.0. The van der Waals surface area contributed by atoms with Gasteiger partial charge in [-0.05, 0) is 61.2 Å². The molecule has 2 aliphatic rings. The van der Waals surface area contributed by atoms with Gasteiger partial charge in [0.05, 0.1) is 25.4 Å². The number of nitrogens with zero attached hydrogens (tertiary/aromatic N) is 2. The third-order valence-electron chi connectivity index (χ3n) is 7.97. The van der Waals surface area contributed by atoms with E-state index in [1.807, 2.05) is 4.90 Å². The number of fused-ring (bicyclic) bond motifs is 3. The van der Waals surface area contributed by atoms with Crippen LogP contribution < -0.4 is 0 Å². The van der Waals surface area contributed by atoms with Crippen molar-refractivity contribution in [2.75, 3.05) is 39.5 Å². The zero-order valence-electron chi connectivity index (χ0n) is 21.4. The topological polar surface area (TPSA) is 62.7 Å². The number of alkyl halides is 3. The minimum absolute atomic E-state index is 0.0268. The van der Waals surface area contributed by atoms with Crippen LogP contribution in [-0.2, 0) is 6.42 Å². The van der Waals surface area contributed by atoms with Crippen molar-refractivity contribution in [2.45, 2.75) is 43.9 Å². The molecule has 212 valence electrons. The van der Waals surface area contributed by atoms with Gasteiger partial charge in [-0.3, -0.25) is 9.29 Å². The van der Waals surface area contributed by atoms with Crippen LogP contribution in [0.25, 0.3) is 10.9 Å². The minimum Gasteiger partial charge on any atom is -0.390 e. The molecule has 0 amide bonds. The predicted molar refractivity (Wildman–Crippen MR) is 134 cm³/mol. The third-order valence-corrected chi connectivity index (χ3v) is 7.97. The molecule has 3 atom stereocenters. The molecule has 11 heteroatoms. The third kappa shape index (κ3) is 5.29. The van der Waals surface area contributed by atoms with Crippen LogP contribution in [0.3, 0.4) is 0 Å². The van der Waals surface area contributed by atoms with Crippen LogP contribution in [0.15, 0.2) is 30.3 Å². The number of rotatable bonds is 9. The summed E-state index contributed by atoms with van der Waals surface area (Å²) in [6.45, 7) is 0.255. The summed E-state index contributed by atoms with van der Waals surface area (Å²) in [6, 6.07) is 4.12. The van der Waals surface area contributed by atoms with E-state index in [1.165, 1.54) is 23.1 Å². The standard InChI is InChI=1S/C28H31F6N3O2/c1-15-7-20-19-10-18(30)3-4-23(19)35-25(20)26(37(15)13-28(33,34)14-38)24-21(31)8-16(9-22(24)32)27(39)17-11-36(12-17)6-2-5-29/h3-4,8-10,15,17,26-27,35,38-39H,2,5-7,11-14H2,1H3/t15-,26-,27-/m1/s1. The average Bonchev–Trinajstić information content (AvgIpc) is 3.21. The Labute approximate surface area is 222 Å². The Morgan fingerprint density at radius 2 is 1.79 bits per heavy atom. The minimum atomic E-state index is -3.54. The summed E-state index contributed by atoms with van der Waals surface area (Å²) in [5.74, 6) is -6.34. The van der Waals surface area contributed by atoms with E-state index in [1.54, 1.807) is 6.92 Å². The number of hydrogen-bond acceptors (Lipinski definition) is 4. The lowest BCUT2D eigenvalue weighted by Crippen LogP contribution is -2.50. The highest BCUT2D eigenvalue weighted by Gasteiger charge is 2.44. The predicted octanol–water partition coefficient (Wildman–Crippen LogP) is 4.87.